The van der Waals surface area contributed by atoms with Gasteiger partial charge in [0.25, 0.3) is 0 Å². The molecule has 0 saturated carbocycles. The Morgan fingerprint density at radius 1 is 1.04 bits per heavy atom. The highest BCUT2D eigenvalue weighted by molar-refractivity contribution is 7.89. The van der Waals surface area contributed by atoms with Gasteiger partial charge in [0.1, 0.15) is 0 Å². The highest BCUT2D eigenvalue weighted by Gasteiger charge is 2.14. The van der Waals surface area contributed by atoms with E-state index in [0.29, 0.717) is 28.7 Å². The number of hydrogen-bond acceptors (Lipinski definition) is 3. The van der Waals surface area contributed by atoms with Gasteiger partial charge in [-0.25, -0.2) is 13.1 Å². The van der Waals surface area contributed by atoms with Gasteiger partial charge in [0.05, 0.1) is 14.9 Å². The van der Waals surface area contributed by atoms with Crippen LogP contribution in [-0.4, -0.2) is 20.9 Å². The molecular formula is C19H22Cl2N2O3S. The van der Waals surface area contributed by atoms with E-state index in [1.54, 1.807) is 42.5 Å². The molecule has 0 aliphatic heterocycles. The van der Waals surface area contributed by atoms with E-state index in [-0.39, 0.29) is 23.1 Å². The third-order valence-electron chi connectivity index (χ3n) is 3.76. The molecule has 0 aromatic heterocycles. The molecule has 0 bridgehead atoms. The number of rotatable bonds is 8. The van der Waals surface area contributed by atoms with E-state index >= 15 is 0 Å². The molecule has 0 aliphatic rings. The summed E-state index contributed by atoms with van der Waals surface area (Å²) in [6.07, 6.45) is 0.755. The number of carbonyl (C=O) groups is 1. The number of benzene rings is 2. The van der Waals surface area contributed by atoms with Crippen molar-refractivity contribution in [2.45, 2.75) is 31.6 Å². The Morgan fingerprint density at radius 2 is 1.70 bits per heavy atom. The van der Waals surface area contributed by atoms with Crippen molar-refractivity contribution in [1.82, 2.24) is 4.72 Å². The van der Waals surface area contributed by atoms with Crippen LogP contribution in [0.15, 0.2) is 47.4 Å². The maximum absolute atomic E-state index is 12.2. The Hall–Kier alpha value is -1.60. The lowest BCUT2D eigenvalue weighted by Crippen LogP contribution is -2.27. The van der Waals surface area contributed by atoms with Crippen molar-refractivity contribution < 1.29 is 13.2 Å². The van der Waals surface area contributed by atoms with Crippen molar-refractivity contribution in [3.05, 3.63) is 58.1 Å². The fraction of sp³-hybridized carbons (Fsp3) is 0.316. The van der Waals surface area contributed by atoms with Gasteiger partial charge in [0.15, 0.2) is 0 Å². The van der Waals surface area contributed by atoms with Crippen molar-refractivity contribution >= 4 is 44.8 Å². The molecule has 0 heterocycles. The Morgan fingerprint density at radius 3 is 2.30 bits per heavy atom. The quantitative estimate of drug-likeness (QED) is 0.649. The van der Waals surface area contributed by atoms with E-state index in [2.05, 4.69) is 10.0 Å². The van der Waals surface area contributed by atoms with Crippen LogP contribution in [0.1, 0.15) is 25.8 Å². The number of amides is 1. The first kappa shape index (κ1) is 21.7. The number of carbonyl (C=O) groups excluding carboxylic acids is 1. The highest BCUT2D eigenvalue weighted by atomic mass is 35.5. The predicted octanol–water partition coefficient (Wildman–Crippen LogP) is 4.50. The molecule has 27 heavy (non-hydrogen) atoms. The molecule has 0 unspecified atom stereocenters. The second-order valence-electron chi connectivity index (χ2n) is 6.57. The SMILES string of the molecule is CC(C)CNS(=O)(=O)c1ccc(CCC(=O)Nc2ccc(Cl)c(Cl)c2)cc1. The summed E-state index contributed by atoms with van der Waals surface area (Å²) in [6.45, 7) is 4.27. The lowest BCUT2D eigenvalue weighted by atomic mass is 10.1. The van der Waals surface area contributed by atoms with Gasteiger partial charge in [-0.3, -0.25) is 4.79 Å². The van der Waals surface area contributed by atoms with E-state index in [0.717, 1.165) is 5.56 Å². The summed E-state index contributed by atoms with van der Waals surface area (Å²) < 4.78 is 26.9. The summed E-state index contributed by atoms with van der Waals surface area (Å²) >= 11 is 11.8. The van der Waals surface area contributed by atoms with Crippen molar-refractivity contribution in [2.75, 3.05) is 11.9 Å². The van der Waals surface area contributed by atoms with Crippen LogP contribution in [0.4, 0.5) is 5.69 Å². The molecule has 0 radical (unpaired) electrons. The van der Waals surface area contributed by atoms with Crippen molar-refractivity contribution in [3.63, 3.8) is 0 Å². The highest BCUT2D eigenvalue weighted by Crippen LogP contribution is 2.25. The topological polar surface area (TPSA) is 75.3 Å². The molecule has 0 spiro atoms. The van der Waals surface area contributed by atoms with Crippen LogP contribution < -0.4 is 10.0 Å². The van der Waals surface area contributed by atoms with Gasteiger partial charge >= 0.3 is 0 Å². The maximum Gasteiger partial charge on any atom is 0.240 e. The van der Waals surface area contributed by atoms with E-state index in [4.69, 9.17) is 23.2 Å². The molecule has 0 fully saturated rings. The molecule has 0 atom stereocenters. The Balaban J connectivity index is 1.90. The number of hydrogen-bond donors (Lipinski definition) is 2. The van der Waals surface area contributed by atoms with E-state index < -0.39 is 10.0 Å². The maximum atomic E-state index is 12.2. The van der Waals surface area contributed by atoms with Crippen LogP contribution in [0.5, 0.6) is 0 Å². The number of halogens is 2. The molecule has 2 aromatic rings. The largest absolute Gasteiger partial charge is 0.326 e. The molecule has 2 N–H and O–H groups in total. The van der Waals surface area contributed by atoms with Gasteiger partial charge in [-0.2, -0.15) is 0 Å². The first-order chi connectivity index (χ1) is 12.7. The molecule has 146 valence electrons. The second-order valence-corrected chi connectivity index (χ2v) is 9.15. The monoisotopic (exact) mass is 428 g/mol. The molecule has 1 amide bonds. The lowest BCUT2D eigenvalue weighted by Gasteiger charge is -2.10. The minimum absolute atomic E-state index is 0.163. The molecule has 0 aliphatic carbocycles. The number of sulfonamides is 1. The van der Waals surface area contributed by atoms with Crippen LogP contribution in [-0.2, 0) is 21.2 Å². The van der Waals surface area contributed by atoms with Crippen LogP contribution in [0.3, 0.4) is 0 Å². The van der Waals surface area contributed by atoms with Crippen LogP contribution in [0.25, 0.3) is 0 Å². The van der Waals surface area contributed by atoms with Gasteiger partial charge in [0, 0.05) is 18.7 Å². The Labute approximate surface area is 170 Å². The Kier molecular flexibility index (Phi) is 7.68. The zero-order valence-corrected chi connectivity index (χ0v) is 17.5. The number of aryl methyl sites for hydroxylation is 1. The van der Waals surface area contributed by atoms with Gasteiger partial charge in [-0.15, -0.1) is 0 Å². The van der Waals surface area contributed by atoms with Crippen molar-refractivity contribution in [2.24, 2.45) is 5.92 Å². The minimum atomic E-state index is -3.50. The normalized spacial score (nSPS) is 11.6. The molecular weight excluding hydrogens is 407 g/mol. The summed E-state index contributed by atoms with van der Waals surface area (Å²) in [6, 6.07) is 11.4. The summed E-state index contributed by atoms with van der Waals surface area (Å²) in [7, 11) is -3.50. The lowest BCUT2D eigenvalue weighted by molar-refractivity contribution is -0.116. The van der Waals surface area contributed by atoms with Gasteiger partial charge < -0.3 is 5.32 Å². The van der Waals surface area contributed by atoms with E-state index in [1.165, 1.54) is 0 Å². The zero-order chi connectivity index (χ0) is 20.0. The summed E-state index contributed by atoms with van der Waals surface area (Å²) in [5, 5.41) is 3.55. The van der Waals surface area contributed by atoms with Crippen LogP contribution in [0.2, 0.25) is 10.0 Å². The molecule has 8 heteroatoms. The van der Waals surface area contributed by atoms with Crippen LogP contribution >= 0.6 is 23.2 Å². The first-order valence-electron chi connectivity index (χ1n) is 8.51. The van der Waals surface area contributed by atoms with Gasteiger partial charge in [0.2, 0.25) is 15.9 Å². The Bertz CT molecular complexity index is 898. The molecule has 2 aromatic carbocycles. The third-order valence-corrected chi connectivity index (χ3v) is 5.94. The summed E-state index contributed by atoms with van der Waals surface area (Å²) in [5.41, 5.74) is 1.45. The first-order valence-corrected chi connectivity index (χ1v) is 10.7. The third kappa shape index (κ3) is 6.81. The average molecular weight is 429 g/mol. The fourth-order valence-corrected chi connectivity index (χ4v) is 3.76. The molecule has 5 nitrogen and oxygen atoms in total. The van der Waals surface area contributed by atoms with Crippen molar-refractivity contribution in [3.8, 4) is 0 Å². The average Bonchev–Trinajstić information content (AvgIpc) is 2.62. The van der Waals surface area contributed by atoms with E-state index in [9.17, 15) is 13.2 Å². The van der Waals surface area contributed by atoms with E-state index in [1.807, 2.05) is 13.8 Å². The number of anilines is 1. The molecule has 2 rings (SSSR count). The zero-order valence-electron chi connectivity index (χ0n) is 15.1. The van der Waals surface area contributed by atoms with Gasteiger partial charge in [-0.1, -0.05) is 49.2 Å². The smallest absolute Gasteiger partial charge is 0.240 e. The summed E-state index contributed by atoms with van der Waals surface area (Å²) in [4.78, 5) is 12.3. The standard InChI is InChI=1S/C19H22Cl2N2O3S/c1-13(2)12-22-27(25,26)16-7-3-14(4-8-16)5-10-19(24)23-15-6-9-17(20)18(21)11-15/h3-4,6-9,11,13,22H,5,10,12H2,1-2H3,(H,23,24). The predicted molar refractivity (Wildman–Crippen MR) is 110 cm³/mol. The minimum Gasteiger partial charge on any atom is -0.326 e. The van der Waals surface area contributed by atoms with Crippen molar-refractivity contribution in [1.29, 1.82) is 0 Å². The second kappa shape index (κ2) is 9.55. The number of nitrogens with one attached hydrogen (secondary N) is 2. The fourth-order valence-electron chi connectivity index (χ4n) is 2.25. The summed E-state index contributed by atoms with van der Waals surface area (Å²) in [5.74, 6) is 0.0665. The molecule has 0 saturated heterocycles. The van der Waals surface area contributed by atoms with Crippen LogP contribution in [0, 0.1) is 5.92 Å². The van der Waals surface area contributed by atoms with Gasteiger partial charge in [-0.05, 0) is 48.2 Å².